The largest absolute Gasteiger partial charge is 0.507 e. The van der Waals surface area contributed by atoms with Gasteiger partial charge in [-0.3, -0.25) is 0 Å². The van der Waals surface area contributed by atoms with E-state index in [9.17, 15) is 5.11 Å². The summed E-state index contributed by atoms with van der Waals surface area (Å²) in [5.41, 5.74) is 7.64. The van der Waals surface area contributed by atoms with Gasteiger partial charge in [-0.25, -0.2) is 0 Å². The molecule has 0 atom stereocenters. The van der Waals surface area contributed by atoms with E-state index in [-0.39, 0.29) is 5.76 Å². The van der Waals surface area contributed by atoms with Crippen LogP contribution in [0.1, 0.15) is 24.3 Å². The number of hydrogen-bond donors (Lipinski definition) is 2. The summed E-state index contributed by atoms with van der Waals surface area (Å²) in [6.07, 6.45) is 0.954. The topological polar surface area (TPSA) is 46.2 Å². The molecule has 0 aliphatic heterocycles. The zero-order chi connectivity index (χ0) is 10.0. The molecular formula is C10H15NOS. The normalized spacial score (nSPS) is 10.7. The Labute approximate surface area is 82.7 Å². The van der Waals surface area contributed by atoms with Crippen molar-refractivity contribution < 1.29 is 5.11 Å². The molecule has 3 N–H and O–H groups in total. The molecular weight excluding hydrogens is 182 g/mol. The third-order valence-corrected chi connectivity index (χ3v) is 2.89. The summed E-state index contributed by atoms with van der Waals surface area (Å²) in [6, 6.07) is 0. The summed E-state index contributed by atoms with van der Waals surface area (Å²) < 4.78 is 0. The van der Waals surface area contributed by atoms with Gasteiger partial charge in [0.15, 0.2) is 0 Å². The van der Waals surface area contributed by atoms with Crippen LogP contribution < -0.4 is 5.73 Å². The highest BCUT2D eigenvalue weighted by molar-refractivity contribution is 7.11. The molecule has 13 heavy (non-hydrogen) atoms. The molecule has 0 aromatic carbocycles. The number of anilines is 1. The quantitative estimate of drug-likeness (QED) is 0.731. The molecule has 0 spiro atoms. The van der Waals surface area contributed by atoms with E-state index in [1.807, 2.05) is 5.38 Å². The van der Waals surface area contributed by atoms with Gasteiger partial charge in [-0.05, 0) is 23.3 Å². The van der Waals surface area contributed by atoms with Crippen molar-refractivity contribution in [2.75, 3.05) is 5.73 Å². The van der Waals surface area contributed by atoms with Crippen LogP contribution in [0.3, 0.4) is 0 Å². The van der Waals surface area contributed by atoms with E-state index < -0.39 is 0 Å². The molecule has 1 rings (SSSR count). The second kappa shape index (κ2) is 3.83. The van der Waals surface area contributed by atoms with Gasteiger partial charge in [-0.1, -0.05) is 20.4 Å². The fraction of sp³-hybridized carbons (Fsp3) is 0.400. The van der Waals surface area contributed by atoms with Crippen LogP contribution in [0.4, 0.5) is 5.69 Å². The minimum atomic E-state index is 0.0671. The summed E-state index contributed by atoms with van der Waals surface area (Å²) in [6.45, 7) is 7.75. The summed E-state index contributed by atoms with van der Waals surface area (Å²) >= 11 is 1.45. The Morgan fingerprint density at radius 2 is 2.31 bits per heavy atom. The average molecular weight is 197 g/mol. The van der Waals surface area contributed by atoms with Gasteiger partial charge in [0.05, 0.1) is 10.6 Å². The van der Waals surface area contributed by atoms with Crippen molar-refractivity contribution >= 4 is 22.8 Å². The number of thiophene rings is 1. The molecule has 0 saturated carbocycles. The Morgan fingerprint density at radius 3 is 2.69 bits per heavy atom. The molecule has 0 unspecified atom stereocenters. The van der Waals surface area contributed by atoms with Gasteiger partial charge in [0.2, 0.25) is 0 Å². The van der Waals surface area contributed by atoms with Gasteiger partial charge in [0.25, 0.3) is 0 Å². The Hall–Kier alpha value is -0.960. The van der Waals surface area contributed by atoms with Gasteiger partial charge in [-0.15, -0.1) is 11.3 Å². The van der Waals surface area contributed by atoms with Gasteiger partial charge in [0, 0.05) is 0 Å². The van der Waals surface area contributed by atoms with E-state index in [4.69, 9.17) is 5.73 Å². The van der Waals surface area contributed by atoms with Crippen LogP contribution in [0.5, 0.6) is 0 Å². The van der Waals surface area contributed by atoms with Crippen molar-refractivity contribution in [2.45, 2.75) is 20.3 Å². The maximum atomic E-state index is 9.19. The highest BCUT2D eigenvalue weighted by Crippen LogP contribution is 2.30. The molecule has 0 aliphatic carbocycles. The zero-order valence-electron chi connectivity index (χ0n) is 8.00. The first-order valence-electron chi connectivity index (χ1n) is 4.26. The number of nitrogen functional groups attached to an aromatic ring is 1. The first-order chi connectivity index (χ1) is 6.02. The summed E-state index contributed by atoms with van der Waals surface area (Å²) in [5.74, 6) is 0.647. The fourth-order valence-corrected chi connectivity index (χ4v) is 2.10. The van der Waals surface area contributed by atoms with Crippen molar-refractivity contribution in [2.24, 2.45) is 5.92 Å². The first-order valence-corrected chi connectivity index (χ1v) is 5.14. The maximum Gasteiger partial charge on any atom is 0.127 e. The SMILES string of the molecule is C=C(O)c1scc(CC(C)C)c1N. The average Bonchev–Trinajstić information content (AvgIpc) is 2.32. The molecule has 1 heterocycles. The molecule has 3 heteroatoms. The number of aliphatic hydroxyl groups is 1. The van der Waals surface area contributed by atoms with Gasteiger partial charge in [0.1, 0.15) is 5.76 Å². The Morgan fingerprint density at radius 1 is 1.69 bits per heavy atom. The third kappa shape index (κ3) is 2.25. The van der Waals surface area contributed by atoms with Crippen molar-refractivity contribution in [3.8, 4) is 0 Å². The number of hydrogen-bond acceptors (Lipinski definition) is 3. The second-order valence-electron chi connectivity index (χ2n) is 3.55. The molecule has 0 fully saturated rings. The molecule has 1 aromatic rings. The number of aliphatic hydroxyl groups excluding tert-OH is 1. The lowest BCUT2D eigenvalue weighted by Gasteiger charge is -2.04. The van der Waals surface area contributed by atoms with Crippen LogP contribution in [0, 0.1) is 5.92 Å². The molecule has 72 valence electrons. The van der Waals surface area contributed by atoms with Crippen LogP contribution in [0.15, 0.2) is 12.0 Å². The van der Waals surface area contributed by atoms with Crippen molar-refractivity contribution in [3.63, 3.8) is 0 Å². The van der Waals surface area contributed by atoms with Crippen LogP contribution in [-0.2, 0) is 6.42 Å². The van der Waals surface area contributed by atoms with Crippen molar-refractivity contribution in [1.82, 2.24) is 0 Å². The molecule has 2 nitrogen and oxygen atoms in total. The highest BCUT2D eigenvalue weighted by atomic mass is 32.1. The Balaban J connectivity index is 2.93. The molecule has 0 aliphatic rings. The van der Waals surface area contributed by atoms with Gasteiger partial charge >= 0.3 is 0 Å². The predicted octanol–water partition coefficient (Wildman–Crippen LogP) is 3.06. The minimum absolute atomic E-state index is 0.0671. The molecule has 0 radical (unpaired) electrons. The van der Waals surface area contributed by atoms with Gasteiger partial charge in [-0.2, -0.15) is 0 Å². The second-order valence-corrected chi connectivity index (χ2v) is 4.43. The van der Waals surface area contributed by atoms with E-state index in [0.717, 1.165) is 12.0 Å². The Bertz CT molecular complexity index is 315. The van der Waals surface area contributed by atoms with Crippen LogP contribution in [0.25, 0.3) is 5.76 Å². The van der Waals surface area contributed by atoms with E-state index in [2.05, 4.69) is 20.4 Å². The van der Waals surface area contributed by atoms with E-state index in [1.165, 1.54) is 11.3 Å². The minimum Gasteiger partial charge on any atom is -0.507 e. The first kappa shape index (κ1) is 10.1. The smallest absolute Gasteiger partial charge is 0.127 e. The summed E-state index contributed by atoms with van der Waals surface area (Å²) in [5, 5.41) is 11.2. The molecule has 0 bridgehead atoms. The van der Waals surface area contributed by atoms with Crippen LogP contribution >= 0.6 is 11.3 Å². The zero-order valence-corrected chi connectivity index (χ0v) is 8.82. The predicted molar refractivity (Wildman–Crippen MR) is 58.9 cm³/mol. The highest BCUT2D eigenvalue weighted by Gasteiger charge is 2.11. The van der Waals surface area contributed by atoms with Gasteiger partial charge < -0.3 is 10.8 Å². The number of rotatable bonds is 3. The lowest BCUT2D eigenvalue weighted by molar-refractivity contribution is 0.516. The Kier molecular flexibility index (Phi) is 2.98. The monoisotopic (exact) mass is 197 g/mol. The standard InChI is InChI=1S/C10H15NOS/c1-6(2)4-8-5-13-10(7(3)12)9(8)11/h5-6,12H,3-4,11H2,1-2H3. The summed E-state index contributed by atoms with van der Waals surface area (Å²) in [4.78, 5) is 0.704. The van der Waals surface area contributed by atoms with Crippen molar-refractivity contribution in [3.05, 3.63) is 22.4 Å². The van der Waals surface area contributed by atoms with E-state index in [1.54, 1.807) is 0 Å². The molecule has 0 saturated heterocycles. The molecule has 0 amide bonds. The van der Waals surface area contributed by atoms with E-state index >= 15 is 0 Å². The van der Waals surface area contributed by atoms with Crippen LogP contribution in [0.2, 0.25) is 0 Å². The number of nitrogens with two attached hydrogens (primary N) is 1. The summed E-state index contributed by atoms with van der Waals surface area (Å²) in [7, 11) is 0. The maximum absolute atomic E-state index is 9.19. The molecule has 1 aromatic heterocycles. The lowest BCUT2D eigenvalue weighted by Crippen LogP contribution is -1.97. The third-order valence-electron chi connectivity index (χ3n) is 1.80. The van der Waals surface area contributed by atoms with E-state index in [0.29, 0.717) is 16.5 Å². The fourth-order valence-electron chi connectivity index (χ4n) is 1.22. The van der Waals surface area contributed by atoms with Crippen molar-refractivity contribution in [1.29, 1.82) is 0 Å². The van der Waals surface area contributed by atoms with Crippen LogP contribution in [-0.4, -0.2) is 5.11 Å². The lowest BCUT2D eigenvalue weighted by atomic mass is 10.0.